The molecule has 0 aliphatic heterocycles. The average Bonchev–Trinajstić information content (AvgIpc) is 2.67. The van der Waals surface area contributed by atoms with Crippen LogP contribution in [0.3, 0.4) is 0 Å². The summed E-state index contributed by atoms with van der Waals surface area (Å²) < 4.78 is 10.5. The summed E-state index contributed by atoms with van der Waals surface area (Å²) in [7, 11) is 3.18. The predicted octanol–water partition coefficient (Wildman–Crippen LogP) is 4.66. The van der Waals surface area contributed by atoms with Crippen LogP contribution in [0, 0.1) is 0 Å². The Hall–Kier alpha value is -2.69. The van der Waals surface area contributed by atoms with E-state index in [-0.39, 0.29) is 5.91 Å². The average molecular weight is 356 g/mol. The van der Waals surface area contributed by atoms with Crippen molar-refractivity contribution in [1.29, 1.82) is 0 Å². The van der Waals surface area contributed by atoms with Gasteiger partial charge in [-0.15, -0.1) is 0 Å². The van der Waals surface area contributed by atoms with Gasteiger partial charge >= 0.3 is 0 Å². The molecular formula is C21H28N2O3. The summed E-state index contributed by atoms with van der Waals surface area (Å²) in [5, 5.41) is 6.24. The highest BCUT2D eigenvalue weighted by Gasteiger charge is 2.16. The second-order valence-electron chi connectivity index (χ2n) is 6.32. The van der Waals surface area contributed by atoms with Crippen molar-refractivity contribution >= 4 is 17.3 Å². The number of amides is 1. The van der Waals surface area contributed by atoms with Gasteiger partial charge in [0.05, 0.1) is 14.2 Å². The number of methoxy groups -OCH3 is 2. The van der Waals surface area contributed by atoms with Crippen molar-refractivity contribution < 1.29 is 14.3 Å². The fourth-order valence-electron chi connectivity index (χ4n) is 2.74. The first-order valence-corrected chi connectivity index (χ1v) is 8.88. The minimum absolute atomic E-state index is 0.0875. The third-order valence-electron chi connectivity index (χ3n) is 4.52. The molecule has 0 radical (unpaired) electrons. The molecule has 0 fully saturated rings. The maximum atomic E-state index is 12.6. The van der Waals surface area contributed by atoms with Gasteiger partial charge in [-0.25, -0.2) is 0 Å². The molecule has 0 bridgehead atoms. The van der Waals surface area contributed by atoms with Crippen molar-refractivity contribution in [2.75, 3.05) is 24.9 Å². The summed E-state index contributed by atoms with van der Waals surface area (Å²) >= 11 is 0. The number of benzene rings is 2. The summed E-state index contributed by atoms with van der Waals surface area (Å²) in [6.45, 7) is 6.14. The third-order valence-corrected chi connectivity index (χ3v) is 4.52. The molecule has 2 N–H and O–H groups in total. The van der Waals surface area contributed by atoms with E-state index in [2.05, 4.69) is 30.5 Å². The van der Waals surface area contributed by atoms with Gasteiger partial charge in [-0.3, -0.25) is 4.79 Å². The third kappa shape index (κ3) is 4.69. The normalized spacial score (nSPS) is 12.8. The lowest BCUT2D eigenvalue weighted by molar-refractivity contribution is -0.116. The SMILES string of the molecule is CCC(C)c1ccccc1NC(=O)C(C)Nc1ccc(OC)c(OC)c1. The van der Waals surface area contributed by atoms with Crippen molar-refractivity contribution in [2.24, 2.45) is 0 Å². The summed E-state index contributed by atoms with van der Waals surface area (Å²) in [5.74, 6) is 1.57. The number of ether oxygens (including phenoxy) is 2. The zero-order valence-corrected chi connectivity index (χ0v) is 16.1. The van der Waals surface area contributed by atoms with Gasteiger partial charge in [-0.05, 0) is 43.0 Å². The Labute approximate surface area is 155 Å². The van der Waals surface area contributed by atoms with Gasteiger partial charge in [0, 0.05) is 17.4 Å². The largest absolute Gasteiger partial charge is 0.493 e. The van der Waals surface area contributed by atoms with E-state index >= 15 is 0 Å². The van der Waals surface area contributed by atoms with Gasteiger partial charge in [0.15, 0.2) is 11.5 Å². The van der Waals surface area contributed by atoms with Gasteiger partial charge < -0.3 is 20.1 Å². The van der Waals surface area contributed by atoms with Crippen LogP contribution in [0.2, 0.25) is 0 Å². The van der Waals surface area contributed by atoms with Crippen LogP contribution in [0.1, 0.15) is 38.7 Å². The lowest BCUT2D eigenvalue weighted by Crippen LogP contribution is -2.32. The number of carbonyl (C=O) groups is 1. The molecule has 5 nitrogen and oxygen atoms in total. The molecule has 0 spiro atoms. The molecule has 2 unspecified atom stereocenters. The van der Waals surface area contributed by atoms with Crippen LogP contribution in [-0.2, 0) is 4.79 Å². The first-order valence-electron chi connectivity index (χ1n) is 8.88. The zero-order chi connectivity index (χ0) is 19.1. The van der Waals surface area contributed by atoms with Crippen molar-refractivity contribution in [1.82, 2.24) is 0 Å². The van der Waals surface area contributed by atoms with Gasteiger partial charge in [0.25, 0.3) is 0 Å². The summed E-state index contributed by atoms with van der Waals surface area (Å²) in [6.07, 6.45) is 1.02. The number of anilines is 2. The highest BCUT2D eigenvalue weighted by atomic mass is 16.5. The molecule has 2 aromatic rings. The van der Waals surface area contributed by atoms with E-state index in [1.807, 2.05) is 43.3 Å². The van der Waals surface area contributed by atoms with Crippen molar-refractivity contribution in [3.63, 3.8) is 0 Å². The topological polar surface area (TPSA) is 59.6 Å². The van der Waals surface area contributed by atoms with E-state index < -0.39 is 6.04 Å². The first-order chi connectivity index (χ1) is 12.5. The van der Waals surface area contributed by atoms with Crippen LogP contribution in [0.4, 0.5) is 11.4 Å². The molecule has 0 aliphatic carbocycles. The van der Waals surface area contributed by atoms with E-state index in [4.69, 9.17) is 9.47 Å². The van der Waals surface area contributed by atoms with Crippen LogP contribution in [-0.4, -0.2) is 26.2 Å². The minimum Gasteiger partial charge on any atom is -0.493 e. The van der Waals surface area contributed by atoms with Gasteiger partial charge in [-0.1, -0.05) is 32.0 Å². The molecule has 1 amide bonds. The van der Waals surface area contributed by atoms with Crippen molar-refractivity contribution in [3.05, 3.63) is 48.0 Å². The number of para-hydroxylation sites is 1. The van der Waals surface area contributed by atoms with E-state index in [9.17, 15) is 4.79 Å². The molecule has 2 aromatic carbocycles. The number of hydrogen-bond donors (Lipinski definition) is 2. The molecule has 26 heavy (non-hydrogen) atoms. The highest BCUT2D eigenvalue weighted by molar-refractivity contribution is 5.97. The van der Waals surface area contributed by atoms with E-state index in [0.717, 1.165) is 23.4 Å². The van der Waals surface area contributed by atoms with Crippen molar-refractivity contribution in [2.45, 2.75) is 39.2 Å². The fraction of sp³-hybridized carbons (Fsp3) is 0.381. The summed E-state index contributed by atoms with van der Waals surface area (Å²) in [4.78, 5) is 12.6. The second-order valence-corrected chi connectivity index (χ2v) is 6.32. The Morgan fingerprint density at radius 2 is 1.73 bits per heavy atom. The Balaban J connectivity index is 2.09. The lowest BCUT2D eigenvalue weighted by atomic mass is 9.97. The Morgan fingerprint density at radius 1 is 1.04 bits per heavy atom. The molecule has 140 valence electrons. The Bertz CT molecular complexity index is 746. The molecule has 2 rings (SSSR count). The molecule has 2 atom stereocenters. The number of hydrogen-bond acceptors (Lipinski definition) is 4. The molecule has 0 aromatic heterocycles. The molecule has 0 saturated carbocycles. The number of carbonyl (C=O) groups excluding carboxylic acids is 1. The standard InChI is InChI=1S/C21H28N2O3/c1-6-14(2)17-9-7-8-10-18(17)23-21(24)15(3)22-16-11-12-19(25-4)20(13-16)26-5/h7-15,22H,6H2,1-5H3,(H,23,24). The maximum absolute atomic E-state index is 12.6. The number of nitrogens with one attached hydrogen (secondary N) is 2. The van der Waals surface area contributed by atoms with Crippen LogP contribution < -0.4 is 20.1 Å². The fourth-order valence-corrected chi connectivity index (χ4v) is 2.74. The lowest BCUT2D eigenvalue weighted by Gasteiger charge is -2.19. The zero-order valence-electron chi connectivity index (χ0n) is 16.1. The maximum Gasteiger partial charge on any atom is 0.246 e. The quantitative estimate of drug-likeness (QED) is 0.722. The number of rotatable bonds is 8. The smallest absolute Gasteiger partial charge is 0.246 e. The van der Waals surface area contributed by atoms with Crippen LogP contribution in [0.25, 0.3) is 0 Å². The van der Waals surface area contributed by atoms with E-state index in [1.165, 1.54) is 0 Å². The van der Waals surface area contributed by atoms with Crippen LogP contribution in [0.5, 0.6) is 11.5 Å². The highest BCUT2D eigenvalue weighted by Crippen LogP contribution is 2.30. The minimum atomic E-state index is -0.405. The predicted molar refractivity (Wildman–Crippen MR) is 106 cm³/mol. The second kappa shape index (κ2) is 9.13. The first kappa shape index (κ1) is 19.6. The van der Waals surface area contributed by atoms with Gasteiger partial charge in [0.1, 0.15) is 6.04 Å². The van der Waals surface area contributed by atoms with Crippen LogP contribution >= 0.6 is 0 Å². The van der Waals surface area contributed by atoms with Gasteiger partial charge in [-0.2, -0.15) is 0 Å². The molecule has 0 aliphatic rings. The Kier molecular flexibility index (Phi) is 6.89. The van der Waals surface area contributed by atoms with Crippen LogP contribution in [0.15, 0.2) is 42.5 Å². The summed E-state index contributed by atoms with van der Waals surface area (Å²) in [6, 6.07) is 13.0. The molecule has 5 heteroatoms. The molecule has 0 saturated heterocycles. The Morgan fingerprint density at radius 3 is 2.38 bits per heavy atom. The van der Waals surface area contributed by atoms with E-state index in [0.29, 0.717) is 17.4 Å². The van der Waals surface area contributed by atoms with E-state index in [1.54, 1.807) is 14.2 Å². The summed E-state index contributed by atoms with van der Waals surface area (Å²) in [5.41, 5.74) is 2.81. The van der Waals surface area contributed by atoms with Crippen molar-refractivity contribution in [3.8, 4) is 11.5 Å². The molecule has 0 heterocycles. The monoisotopic (exact) mass is 356 g/mol. The van der Waals surface area contributed by atoms with Gasteiger partial charge in [0.2, 0.25) is 5.91 Å². The molecular weight excluding hydrogens is 328 g/mol.